The van der Waals surface area contributed by atoms with E-state index in [0.29, 0.717) is 6.04 Å². The van der Waals surface area contributed by atoms with Gasteiger partial charge in [-0.15, -0.1) is 0 Å². The Bertz CT molecular complexity index is 535. The van der Waals surface area contributed by atoms with Gasteiger partial charge in [0.1, 0.15) is 0 Å². The molecule has 0 atom stereocenters. The molecule has 0 saturated heterocycles. The molecule has 18 heavy (non-hydrogen) atoms. The second kappa shape index (κ2) is 4.77. The molecule has 0 radical (unpaired) electrons. The van der Waals surface area contributed by atoms with Crippen molar-refractivity contribution in [1.82, 2.24) is 9.88 Å². The summed E-state index contributed by atoms with van der Waals surface area (Å²) in [6, 6.07) is 12.3. The zero-order valence-electron chi connectivity index (χ0n) is 11.3. The number of nitrogens with one attached hydrogen (secondary N) is 1. The number of rotatable bonds is 4. The Morgan fingerprint density at radius 3 is 2.72 bits per heavy atom. The van der Waals surface area contributed by atoms with Crippen LogP contribution in [0.25, 0.3) is 10.9 Å². The Morgan fingerprint density at radius 1 is 1.28 bits per heavy atom. The molecular weight excluding hydrogens is 220 g/mol. The number of nitrogens with zero attached hydrogens (tertiary/aromatic N) is 1. The van der Waals surface area contributed by atoms with Crippen LogP contribution in [0.3, 0.4) is 0 Å². The smallest absolute Gasteiger partial charge is 0.0485 e. The normalized spacial score (nSPS) is 16.4. The summed E-state index contributed by atoms with van der Waals surface area (Å²) in [7, 11) is 0. The van der Waals surface area contributed by atoms with Crippen LogP contribution in [0.5, 0.6) is 0 Å². The lowest BCUT2D eigenvalue weighted by molar-refractivity contribution is 0.334. The molecular formula is C16H22N2. The molecule has 0 aliphatic heterocycles. The molecule has 96 valence electrons. The molecule has 1 aliphatic rings. The maximum absolute atomic E-state index is 3.67. The lowest BCUT2D eigenvalue weighted by Gasteiger charge is -2.27. The van der Waals surface area contributed by atoms with Crippen LogP contribution in [0, 0.1) is 0 Å². The van der Waals surface area contributed by atoms with Crippen LogP contribution in [-0.4, -0.2) is 10.6 Å². The fraction of sp³-hybridized carbons (Fsp3) is 0.500. The maximum atomic E-state index is 3.67. The number of fused-ring (bicyclic) bond motifs is 1. The van der Waals surface area contributed by atoms with E-state index >= 15 is 0 Å². The Hall–Kier alpha value is -1.28. The van der Waals surface area contributed by atoms with Gasteiger partial charge < -0.3 is 9.88 Å². The van der Waals surface area contributed by atoms with Crippen molar-refractivity contribution >= 4 is 10.9 Å². The second-order valence-electron chi connectivity index (χ2n) is 5.67. The summed E-state index contributed by atoms with van der Waals surface area (Å²) in [5.41, 5.74) is 2.77. The van der Waals surface area contributed by atoms with Gasteiger partial charge in [0.15, 0.2) is 0 Å². The fourth-order valence-electron chi connectivity index (χ4n) is 2.84. The van der Waals surface area contributed by atoms with Crippen molar-refractivity contribution in [3.8, 4) is 0 Å². The SMILES string of the molecule is CC(C)n1c(CNC2CCC2)cc2ccccc21. The molecule has 0 bridgehead atoms. The molecule has 1 saturated carbocycles. The minimum absolute atomic E-state index is 0.517. The molecule has 1 fully saturated rings. The summed E-state index contributed by atoms with van der Waals surface area (Å²) in [5.74, 6) is 0. The van der Waals surface area contributed by atoms with Crippen molar-refractivity contribution in [2.75, 3.05) is 0 Å². The predicted octanol–water partition coefficient (Wildman–Crippen LogP) is 3.86. The van der Waals surface area contributed by atoms with Gasteiger partial charge in [-0.3, -0.25) is 0 Å². The molecule has 2 aromatic rings. The van der Waals surface area contributed by atoms with Gasteiger partial charge in [0.2, 0.25) is 0 Å². The average molecular weight is 242 g/mol. The summed E-state index contributed by atoms with van der Waals surface area (Å²) < 4.78 is 2.46. The highest BCUT2D eigenvalue weighted by Gasteiger charge is 2.18. The number of aromatic nitrogens is 1. The minimum Gasteiger partial charge on any atom is -0.341 e. The van der Waals surface area contributed by atoms with Crippen molar-refractivity contribution in [2.45, 2.75) is 51.7 Å². The quantitative estimate of drug-likeness (QED) is 0.861. The summed E-state index contributed by atoms with van der Waals surface area (Å²) in [4.78, 5) is 0. The van der Waals surface area contributed by atoms with Gasteiger partial charge in [0.05, 0.1) is 0 Å². The van der Waals surface area contributed by atoms with Crippen molar-refractivity contribution in [3.63, 3.8) is 0 Å². The first kappa shape index (κ1) is 11.8. The molecule has 0 spiro atoms. The van der Waals surface area contributed by atoms with E-state index in [1.54, 1.807) is 0 Å². The highest BCUT2D eigenvalue weighted by atomic mass is 15.0. The largest absolute Gasteiger partial charge is 0.341 e. The van der Waals surface area contributed by atoms with E-state index in [1.807, 2.05) is 0 Å². The Balaban J connectivity index is 1.91. The van der Waals surface area contributed by atoms with Gasteiger partial charge in [0, 0.05) is 29.8 Å². The average Bonchev–Trinajstić information content (AvgIpc) is 2.65. The third-order valence-corrected chi connectivity index (χ3v) is 4.02. The maximum Gasteiger partial charge on any atom is 0.0485 e. The molecule has 2 nitrogen and oxygen atoms in total. The van der Waals surface area contributed by atoms with Gasteiger partial charge >= 0.3 is 0 Å². The number of benzene rings is 1. The predicted molar refractivity (Wildman–Crippen MR) is 76.8 cm³/mol. The Kier molecular flexibility index (Phi) is 3.13. The lowest BCUT2D eigenvalue weighted by atomic mass is 9.93. The van der Waals surface area contributed by atoms with Crippen LogP contribution >= 0.6 is 0 Å². The van der Waals surface area contributed by atoms with Crippen LogP contribution in [0.1, 0.15) is 44.8 Å². The zero-order valence-corrected chi connectivity index (χ0v) is 11.3. The van der Waals surface area contributed by atoms with Crippen molar-refractivity contribution in [1.29, 1.82) is 0 Å². The van der Waals surface area contributed by atoms with Gasteiger partial charge in [-0.2, -0.15) is 0 Å². The Morgan fingerprint density at radius 2 is 2.06 bits per heavy atom. The van der Waals surface area contributed by atoms with E-state index in [4.69, 9.17) is 0 Å². The van der Waals surface area contributed by atoms with Crippen LogP contribution < -0.4 is 5.32 Å². The molecule has 1 heterocycles. The van der Waals surface area contributed by atoms with Crippen molar-refractivity contribution < 1.29 is 0 Å². The monoisotopic (exact) mass is 242 g/mol. The number of hydrogen-bond acceptors (Lipinski definition) is 1. The second-order valence-corrected chi connectivity index (χ2v) is 5.67. The molecule has 1 N–H and O–H groups in total. The van der Waals surface area contributed by atoms with E-state index in [-0.39, 0.29) is 0 Å². The molecule has 3 rings (SSSR count). The summed E-state index contributed by atoms with van der Waals surface area (Å²) in [6.07, 6.45) is 4.09. The molecule has 0 amide bonds. The third kappa shape index (κ3) is 2.05. The van der Waals surface area contributed by atoms with Gasteiger partial charge in [0.25, 0.3) is 0 Å². The molecule has 0 unspecified atom stereocenters. The van der Waals surface area contributed by atoms with E-state index in [0.717, 1.165) is 12.6 Å². The standard InChI is InChI=1S/C16H22N2/c1-12(2)18-15(11-17-14-7-5-8-14)10-13-6-3-4-9-16(13)18/h3-4,6,9-10,12,14,17H,5,7-8,11H2,1-2H3. The molecule has 2 heteroatoms. The molecule has 1 aromatic carbocycles. The van der Waals surface area contributed by atoms with Gasteiger partial charge in [-0.25, -0.2) is 0 Å². The fourth-order valence-corrected chi connectivity index (χ4v) is 2.84. The summed E-state index contributed by atoms with van der Waals surface area (Å²) >= 11 is 0. The molecule has 1 aliphatic carbocycles. The van der Waals surface area contributed by atoms with Crippen LogP contribution in [-0.2, 0) is 6.54 Å². The summed E-state index contributed by atoms with van der Waals surface area (Å²) in [5, 5.41) is 5.03. The van der Waals surface area contributed by atoms with Crippen molar-refractivity contribution in [2.24, 2.45) is 0 Å². The number of para-hydroxylation sites is 1. The first-order chi connectivity index (χ1) is 8.75. The van der Waals surface area contributed by atoms with E-state index in [2.05, 4.69) is 54.1 Å². The topological polar surface area (TPSA) is 17.0 Å². The minimum atomic E-state index is 0.517. The van der Waals surface area contributed by atoms with Gasteiger partial charge in [-0.1, -0.05) is 24.6 Å². The van der Waals surface area contributed by atoms with E-state index < -0.39 is 0 Å². The van der Waals surface area contributed by atoms with Crippen molar-refractivity contribution in [3.05, 3.63) is 36.0 Å². The van der Waals surface area contributed by atoms with Crippen LogP contribution in [0.4, 0.5) is 0 Å². The third-order valence-electron chi connectivity index (χ3n) is 4.02. The first-order valence-electron chi connectivity index (χ1n) is 7.08. The Labute approximate surface area is 109 Å². The zero-order chi connectivity index (χ0) is 12.5. The van der Waals surface area contributed by atoms with Crippen LogP contribution in [0.15, 0.2) is 30.3 Å². The van der Waals surface area contributed by atoms with Gasteiger partial charge in [-0.05, 0) is 44.2 Å². The highest BCUT2D eigenvalue weighted by molar-refractivity contribution is 5.81. The highest BCUT2D eigenvalue weighted by Crippen LogP contribution is 2.25. The number of hydrogen-bond donors (Lipinski definition) is 1. The van der Waals surface area contributed by atoms with E-state index in [1.165, 1.54) is 35.9 Å². The molecule has 1 aromatic heterocycles. The van der Waals surface area contributed by atoms with Crippen LogP contribution in [0.2, 0.25) is 0 Å². The van der Waals surface area contributed by atoms with E-state index in [9.17, 15) is 0 Å². The first-order valence-corrected chi connectivity index (χ1v) is 7.08. The lowest BCUT2D eigenvalue weighted by Crippen LogP contribution is -2.35. The summed E-state index contributed by atoms with van der Waals surface area (Å²) in [6.45, 7) is 5.52.